The van der Waals surface area contributed by atoms with Gasteiger partial charge < -0.3 is 19.5 Å². The van der Waals surface area contributed by atoms with Gasteiger partial charge in [-0.25, -0.2) is 8.42 Å². The van der Waals surface area contributed by atoms with Crippen molar-refractivity contribution < 1.29 is 13.2 Å². The first-order chi connectivity index (χ1) is 15.0. The van der Waals surface area contributed by atoms with E-state index in [1.807, 2.05) is 18.2 Å². The van der Waals surface area contributed by atoms with Crippen molar-refractivity contribution in [3.8, 4) is 5.75 Å². The average Bonchev–Trinajstić information content (AvgIpc) is 3.17. The summed E-state index contributed by atoms with van der Waals surface area (Å²) in [5.74, 6) is 0.708. The zero-order valence-electron chi connectivity index (χ0n) is 18.0. The zero-order valence-corrected chi connectivity index (χ0v) is 18.8. The zero-order chi connectivity index (χ0) is 21.6. The lowest BCUT2D eigenvalue weighted by Crippen LogP contribution is -2.44. The van der Waals surface area contributed by atoms with Crippen LogP contribution in [0.2, 0.25) is 0 Å². The fourth-order valence-corrected chi connectivity index (χ4v) is 6.08. The van der Waals surface area contributed by atoms with E-state index in [-0.39, 0.29) is 0 Å². The summed E-state index contributed by atoms with van der Waals surface area (Å²) < 4.78 is 34.2. The summed E-state index contributed by atoms with van der Waals surface area (Å²) >= 11 is 0. The predicted molar refractivity (Wildman–Crippen MR) is 122 cm³/mol. The molecule has 2 aromatic carbocycles. The van der Waals surface area contributed by atoms with E-state index in [1.54, 1.807) is 29.6 Å². The molecular weight excluding hydrogens is 412 g/mol. The summed E-state index contributed by atoms with van der Waals surface area (Å²) in [6.07, 6.45) is 0.708. The molecule has 1 N–H and O–H groups in total. The van der Waals surface area contributed by atoms with E-state index in [0.717, 1.165) is 43.1 Å². The molecule has 0 radical (unpaired) electrons. The van der Waals surface area contributed by atoms with Crippen LogP contribution in [0.15, 0.2) is 47.4 Å². The standard InChI is InChI=1S/C23H28N4O3S/c1-25-11-13-26(14-12-25)22-15-17(7-8-23(22)30-2)31(28,29)27-10-9-19-18-5-3-4-6-20(18)24-21(19)16-27/h3-8,15,24H,9-14,16H2,1-2H3. The van der Waals surface area contributed by atoms with Crippen LogP contribution in [-0.2, 0) is 23.0 Å². The number of aromatic amines is 1. The van der Waals surface area contributed by atoms with Crippen LogP contribution >= 0.6 is 0 Å². The minimum atomic E-state index is -3.62. The Morgan fingerprint density at radius 1 is 1.00 bits per heavy atom. The molecular formula is C23H28N4O3S. The van der Waals surface area contributed by atoms with Crippen LogP contribution in [0.1, 0.15) is 11.3 Å². The summed E-state index contributed by atoms with van der Waals surface area (Å²) in [7, 11) is 0.113. The molecule has 3 heterocycles. The van der Waals surface area contributed by atoms with Crippen LogP contribution < -0.4 is 9.64 Å². The number of H-pyrrole nitrogens is 1. The quantitative estimate of drug-likeness (QED) is 0.676. The lowest BCUT2D eigenvalue weighted by atomic mass is 10.1. The second-order valence-electron chi connectivity index (χ2n) is 8.34. The Morgan fingerprint density at radius 2 is 1.77 bits per heavy atom. The predicted octanol–water partition coefficient (Wildman–Crippen LogP) is 2.68. The molecule has 0 bridgehead atoms. The van der Waals surface area contributed by atoms with Crippen molar-refractivity contribution >= 4 is 26.6 Å². The molecule has 1 saturated heterocycles. The van der Waals surface area contributed by atoms with Crippen molar-refractivity contribution in [2.24, 2.45) is 0 Å². The lowest BCUT2D eigenvalue weighted by molar-refractivity contribution is 0.311. The summed E-state index contributed by atoms with van der Waals surface area (Å²) in [6, 6.07) is 13.4. The average molecular weight is 441 g/mol. The molecule has 2 aliphatic heterocycles. The molecule has 31 heavy (non-hydrogen) atoms. The Hall–Kier alpha value is -2.55. The smallest absolute Gasteiger partial charge is 0.243 e. The number of para-hydroxylation sites is 1. The van der Waals surface area contributed by atoms with Crippen LogP contribution in [0.25, 0.3) is 10.9 Å². The number of ether oxygens (including phenoxy) is 1. The molecule has 164 valence electrons. The monoisotopic (exact) mass is 440 g/mol. The second-order valence-corrected chi connectivity index (χ2v) is 10.3. The van der Waals surface area contributed by atoms with Crippen molar-refractivity contribution in [2.75, 3.05) is 51.8 Å². The van der Waals surface area contributed by atoms with Gasteiger partial charge in [-0.05, 0) is 43.3 Å². The van der Waals surface area contributed by atoms with Crippen LogP contribution in [-0.4, -0.2) is 69.5 Å². The number of anilines is 1. The highest BCUT2D eigenvalue weighted by Gasteiger charge is 2.31. The molecule has 7 nitrogen and oxygen atoms in total. The first kappa shape index (κ1) is 20.4. The van der Waals surface area contributed by atoms with Crippen LogP contribution in [0.3, 0.4) is 0 Å². The highest BCUT2D eigenvalue weighted by Crippen LogP contribution is 2.35. The Morgan fingerprint density at radius 3 is 2.55 bits per heavy atom. The van der Waals surface area contributed by atoms with E-state index in [9.17, 15) is 8.42 Å². The number of nitrogens with one attached hydrogen (secondary N) is 1. The first-order valence-electron chi connectivity index (χ1n) is 10.7. The molecule has 5 rings (SSSR count). The molecule has 1 aromatic heterocycles. The molecule has 1 fully saturated rings. The Bertz CT molecular complexity index is 1210. The molecule has 0 atom stereocenters. The number of piperazine rings is 1. The number of benzene rings is 2. The number of sulfonamides is 1. The molecule has 0 unspecified atom stereocenters. The number of hydrogen-bond acceptors (Lipinski definition) is 5. The van der Waals surface area contributed by atoms with Gasteiger partial charge >= 0.3 is 0 Å². The Balaban J connectivity index is 1.46. The van der Waals surface area contributed by atoms with Gasteiger partial charge in [0.1, 0.15) is 5.75 Å². The maximum atomic E-state index is 13.5. The topological polar surface area (TPSA) is 68.9 Å². The number of rotatable bonds is 4. The van der Waals surface area contributed by atoms with Gasteiger partial charge in [-0.1, -0.05) is 18.2 Å². The van der Waals surface area contributed by atoms with Crippen molar-refractivity contribution in [1.29, 1.82) is 0 Å². The third kappa shape index (κ3) is 3.58. The molecule has 0 saturated carbocycles. The second kappa shape index (κ2) is 7.85. The number of methoxy groups -OCH3 is 1. The van der Waals surface area contributed by atoms with Crippen LogP contribution in [0, 0.1) is 0 Å². The fraction of sp³-hybridized carbons (Fsp3) is 0.391. The molecule has 8 heteroatoms. The van der Waals surface area contributed by atoms with E-state index in [1.165, 1.54) is 10.9 Å². The van der Waals surface area contributed by atoms with Crippen LogP contribution in [0.4, 0.5) is 5.69 Å². The molecule has 0 aliphatic carbocycles. The molecule has 0 amide bonds. The van der Waals surface area contributed by atoms with Gasteiger partial charge in [0, 0.05) is 49.3 Å². The van der Waals surface area contributed by atoms with E-state index in [4.69, 9.17) is 4.74 Å². The highest BCUT2D eigenvalue weighted by molar-refractivity contribution is 7.89. The van der Waals surface area contributed by atoms with Gasteiger partial charge in [0.2, 0.25) is 10.0 Å². The summed E-state index contributed by atoms with van der Waals surface area (Å²) in [4.78, 5) is 8.22. The lowest BCUT2D eigenvalue weighted by Gasteiger charge is -2.35. The van der Waals surface area contributed by atoms with Crippen molar-refractivity contribution in [3.05, 3.63) is 53.7 Å². The normalized spacial score (nSPS) is 18.3. The van der Waals surface area contributed by atoms with Gasteiger partial charge in [0.15, 0.2) is 0 Å². The molecule has 3 aromatic rings. The summed E-state index contributed by atoms with van der Waals surface area (Å²) in [5, 5.41) is 1.19. The van der Waals surface area contributed by atoms with Crippen molar-refractivity contribution in [3.63, 3.8) is 0 Å². The Kier molecular flexibility index (Phi) is 5.16. The first-order valence-corrected chi connectivity index (χ1v) is 12.1. The summed E-state index contributed by atoms with van der Waals surface area (Å²) in [6.45, 7) is 4.41. The Labute approximate surface area is 183 Å². The highest BCUT2D eigenvalue weighted by atomic mass is 32.2. The third-order valence-corrected chi connectivity index (χ3v) is 8.32. The van der Waals surface area contributed by atoms with E-state index < -0.39 is 10.0 Å². The van der Waals surface area contributed by atoms with Gasteiger partial charge in [-0.2, -0.15) is 4.31 Å². The van der Waals surface area contributed by atoms with E-state index in [2.05, 4.69) is 27.9 Å². The number of nitrogens with zero attached hydrogens (tertiary/aromatic N) is 3. The van der Waals surface area contributed by atoms with Gasteiger partial charge in [-0.15, -0.1) is 0 Å². The van der Waals surface area contributed by atoms with Gasteiger partial charge in [-0.3, -0.25) is 0 Å². The number of aromatic nitrogens is 1. The minimum Gasteiger partial charge on any atom is -0.495 e. The van der Waals surface area contributed by atoms with E-state index >= 15 is 0 Å². The molecule has 0 spiro atoms. The van der Waals surface area contributed by atoms with E-state index in [0.29, 0.717) is 30.2 Å². The van der Waals surface area contributed by atoms with Crippen LogP contribution in [0.5, 0.6) is 5.75 Å². The van der Waals surface area contributed by atoms with Crippen molar-refractivity contribution in [1.82, 2.24) is 14.2 Å². The largest absolute Gasteiger partial charge is 0.495 e. The minimum absolute atomic E-state index is 0.321. The number of hydrogen-bond donors (Lipinski definition) is 1. The number of likely N-dealkylation sites (N-methyl/N-ethyl adjacent to an activating group) is 1. The molecule has 2 aliphatic rings. The SMILES string of the molecule is COc1ccc(S(=O)(=O)N2CCc3c([nH]c4ccccc34)C2)cc1N1CCN(C)CC1. The fourth-order valence-electron chi connectivity index (χ4n) is 4.65. The third-order valence-electron chi connectivity index (χ3n) is 6.48. The maximum absolute atomic E-state index is 13.5. The van der Waals surface area contributed by atoms with Gasteiger partial charge in [0.05, 0.1) is 24.2 Å². The number of fused-ring (bicyclic) bond motifs is 3. The maximum Gasteiger partial charge on any atom is 0.243 e. The van der Waals surface area contributed by atoms with Crippen molar-refractivity contribution in [2.45, 2.75) is 17.9 Å². The summed E-state index contributed by atoms with van der Waals surface area (Å²) in [5.41, 5.74) is 4.13. The van der Waals surface area contributed by atoms with Gasteiger partial charge in [0.25, 0.3) is 0 Å².